The number of benzene rings is 2. The minimum absolute atomic E-state index is 0.0934. The van der Waals surface area contributed by atoms with Crippen molar-refractivity contribution in [1.82, 2.24) is 14.6 Å². The fourth-order valence-corrected chi connectivity index (χ4v) is 4.02. The highest BCUT2D eigenvalue weighted by molar-refractivity contribution is 6.13. The lowest BCUT2D eigenvalue weighted by Crippen LogP contribution is -2.16. The summed E-state index contributed by atoms with van der Waals surface area (Å²) in [6, 6.07) is 17.4. The summed E-state index contributed by atoms with van der Waals surface area (Å²) in [6.45, 7) is 1.49. The third-order valence-electron chi connectivity index (χ3n) is 5.20. The molecule has 2 atom stereocenters. The van der Waals surface area contributed by atoms with E-state index in [1.807, 2.05) is 54.6 Å². The van der Waals surface area contributed by atoms with Gasteiger partial charge in [-0.05, 0) is 47.5 Å². The lowest BCUT2D eigenvalue weighted by molar-refractivity contribution is -0.141. The van der Waals surface area contributed by atoms with Crippen LogP contribution in [0.1, 0.15) is 23.7 Å². The van der Waals surface area contributed by atoms with Crippen LogP contribution in [0, 0.1) is 5.92 Å². The molecule has 1 aliphatic heterocycles. The van der Waals surface area contributed by atoms with Crippen molar-refractivity contribution >= 4 is 17.7 Å². The summed E-state index contributed by atoms with van der Waals surface area (Å²) < 4.78 is 17.7. The number of halogens is 1. The van der Waals surface area contributed by atoms with Crippen molar-refractivity contribution in [3.63, 3.8) is 0 Å². The molecule has 2 heterocycles. The van der Waals surface area contributed by atoms with Crippen LogP contribution in [0.25, 0.3) is 11.5 Å². The van der Waals surface area contributed by atoms with Gasteiger partial charge in [0.1, 0.15) is 5.75 Å². The molecule has 0 bridgehead atoms. The highest BCUT2D eigenvalue weighted by atomic mass is 35.5. The van der Waals surface area contributed by atoms with Gasteiger partial charge in [0.05, 0.1) is 13.5 Å². The quantitative estimate of drug-likeness (QED) is 0.415. The minimum Gasteiger partial charge on any atom is -0.485 e. The Labute approximate surface area is 179 Å². The lowest BCUT2D eigenvalue weighted by Gasteiger charge is -2.18. The van der Waals surface area contributed by atoms with Gasteiger partial charge in [0.25, 0.3) is 5.89 Å². The van der Waals surface area contributed by atoms with Crippen LogP contribution in [0.2, 0.25) is 0 Å². The second kappa shape index (κ2) is 9.28. The van der Waals surface area contributed by atoms with E-state index in [9.17, 15) is 4.79 Å². The van der Waals surface area contributed by atoms with Crippen molar-refractivity contribution in [3.8, 4) is 17.2 Å². The van der Waals surface area contributed by atoms with Crippen LogP contribution in [-0.2, 0) is 16.1 Å². The van der Waals surface area contributed by atoms with Gasteiger partial charge in [0.2, 0.25) is 5.82 Å². The zero-order chi connectivity index (χ0) is 20.9. The van der Waals surface area contributed by atoms with Gasteiger partial charge < -0.3 is 14.0 Å². The summed E-state index contributed by atoms with van der Waals surface area (Å²) in [5.41, 5.74) is 1.93. The lowest BCUT2D eigenvalue weighted by atomic mass is 9.87. The second-order valence-corrected chi connectivity index (χ2v) is 7.70. The largest absolute Gasteiger partial charge is 0.485 e. The Bertz CT molecular complexity index is 995. The van der Waals surface area contributed by atoms with Gasteiger partial charge in [-0.25, -0.2) is 4.42 Å². The summed E-state index contributed by atoms with van der Waals surface area (Å²) in [5, 5.41) is 3.98. The van der Waals surface area contributed by atoms with Crippen LogP contribution in [0.5, 0.6) is 5.75 Å². The van der Waals surface area contributed by atoms with Crippen molar-refractivity contribution in [2.75, 3.05) is 20.2 Å². The van der Waals surface area contributed by atoms with Crippen molar-refractivity contribution < 1.29 is 18.8 Å². The molecule has 0 saturated carbocycles. The van der Waals surface area contributed by atoms with Gasteiger partial charge in [-0.15, -0.1) is 0 Å². The molecular formula is C22H22ClN3O4. The fraction of sp³-hybridized carbons (Fsp3) is 0.318. The Balaban J connectivity index is 1.42. The Morgan fingerprint density at radius 1 is 1.20 bits per heavy atom. The third kappa shape index (κ3) is 4.80. The molecule has 4 rings (SSSR count). The Kier molecular flexibility index (Phi) is 6.30. The van der Waals surface area contributed by atoms with E-state index >= 15 is 0 Å². The normalized spacial score (nSPS) is 19.0. The summed E-state index contributed by atoms with van der Waals surface area (Å²) >= 11 is 6.24. The fourth-order valence-electron chi connectivity index (χ4n) is 3.69. The predicted octanol–water partition coefficient (Wildman–Crippen LogP) is 4.05. The zero-order valence-electron chi connectivity index (χ0n) is 16.5. The standard InChI is InChI=1S/C22H22ClN3O4/c1-28-21(27)11-17-12-26(23)13-19(17)16-8-5-9-18(10-16)29-14-20-24-22(30-25-20)15-6-3-2-4-7-15/h2-10,17,19H,11-14H2,1H3/t17-,19-/m0/s1. The molecule has 0 unspecified atom stereocenters. The van der Waals surface area contributed by atoms with Crippen molar-refractivity contribution in [2.45, 2.75) is 18.9 Å². The number of methoxy groups -OCH3 is 1. The molecule has 156 valence electrons. The minimum atomic E-state index is -0.226. The van der Waals surface area contributed by atoms with Gasteiger partial charge in [-0.1, -0.05) is 35.5 Å². The summed E-state index contributed by atoms with van der Waals surface area (Å²) in [7, 11) is 1.40. The second-order valence-electron chi connectivity index (χ2n) is 7.22. The van der Waals surface area contributed by atoms with E-state index < -0.39 is 0 Å². The van der Waals surface area contributed by atoms with Crippen LogP contribution in [0.3, 0.4) is 0 Å². The molecule has 3 aromatic rings. The first-order valence-electron chi connectivity index (χ1n) is 9.70. The SMILES string of the molecule is COC(=O)C[C@H]1CN(Cl)C[C@H]1c1cccc(OCc2noc(-c3ccccc3)n2)c1. The van der Waals surface area contributed by atoms with Crippen molar-refractivity contribution in [3.05, 3.63) is 66.0 Å². The number of esters is 1. The van der Waals surface area contributed by atoms with Gasteiger partial charge in [0, 0.05) is 24.6 Å². The predicted molar refractivity (Wildman–Crippen MR) is 111 cm³/mol. The molecule has 0 N–H and O–H groups in total. The van der Waals surface area contributed by atoms with Gasteiger partial charge in [0.15, 0.2) is 6.61 Å². The van der Waals surface area contributed by atoms with E-state index in [-0.39, 0.29) is 24.4 Å². The van der Waals surface area contributed by atoms with E-state index in [1.165, 1.54) is 7.11 Å². The molecule has 8 heteroatoms. The number of carbonyl (C=O) groups is 1. The molecule has 0 radical (unpaired) electrons. The number of hydrogen-bond acceptors (Lipinski definition) is 7. The Morgan fingerprint density at radius 3 is 2.83 bits per heavy atom. The van der Waals surface area contributed by atoms with Gasteiger partial charge >= 0.3 is 5.97 Å². The van der Waals surface area contributed by atoms with E-state index in [0.29, 0.717) is 37.0 Å². The average Bonchev–Trinajstić information content (AvgIpc) is 3.39. The smallest absolute Gasteiger partial charge is 0.305 e. The maximum absolute atomic E-state index is 11.8. The highest BCUT2D eigenvalue weighted by Gasteiger charge is 2.35. The number of carbonyl (C=O) groups excluding carboxylic acids is 1. The Morgan fingerprint density at radius 2 is 2.03 bits per heavy atom. The Hall–Kier alpha value is -2.90. The highest BCUT2D eigenvalue weighted by Crippen LogP contribution is 2.37. The number of ether oxygens (including phenoxy) is 2. The maximum Gasteiger partial charge on any atom is 0.305 e. The molecule has 7 nitrogen and oxygen atoms in total. The molecule has 1 saturated heterocycles. The molecule has 30 heavy (non-hydrogen) atoms. The van der Waals surface area contributed by atoms with E-state index in [1.54, 1.807) is 4.42 Å². The molecule has 0 amide bonds. The third-order valence-corrected chi connectivity index (χ3v) is 5.47. The topological polar surface area (TPSA) is 77.7 Å². The van der Waals surface area contributed by atoms with E-state index in [2.05, 4.69) is 10.1 Å². The molecule has 1 aliphatic rings. The molecule has 0 aliphatic carbocycles. The van der Waals surface area contributed by atoms with Crippen molar-refractivity contribution in [2.24, 2.45) is 5.92 Å². The van der Waals surface area contributed by atoms with Crippen LogP contribution in [0.15, 0.2) is 59.1 Å². The molecule has 1 aromatic heterocycles. The van der Waals surface area contributed by atoms with E-state index in [4.69, 9.17) is 25.8 Å². The monoisotopic (exact) mass is 427 g/mol. The molecule has 1 fully saturated rings. The van der Waals surface area contributed by atoms with Crippen LogP contribution < -0.4 is 4.74 Å². The molecular weight excluding hydrogens is 406 g/mol. The summed E-state index contributed by atoms with van der Waals surface area (Å²) in [4.78, 5) is 16.1. The van der Waals surface area contributed by atoms with Crippen LogP contribution in [-0.4, -0.2) is 40.7 Å². The molecule has 2 aromatic carbocycles. The first kappa shape index (κ1) is 20.4. The zero-order valence-corrected chi connectivity index (χ0v) is 17.3. The number of hydrogen-bond donors (Lipinski definition) is 0. The first-order valence-corrected chi connectivity index (χ1v) is 10.0. The average molecular weight is 428 g/mol. The maximum atomic E-state index is 11.8. The van der Waals surface area contributed by atoms with Crippen LogP contribution >= 0.6 is 11.8 Å². The number of rotatable bonds is 7. The number of nitrogens with zero attached hydrogens (tertiary/aromatic N) is 3. The van der Waals surface area contributed by atoms with Gasteiger partial charge in [-0.3, -0.25) is 4.79 Å². The van der Waals surface area contributed by atoms with Gasteiger partial charge in [-0.2, -0.15) is 4.98 Å². The summed E-state index contributed by atoms with van der Waals surface area (Å²) in [6.07, 6.45) is 0.334. The first-order chi connectivity index (χ1) is 14.6. The van der Waals surface area contributed by atoms with Crippen LogP contribution in [0.4, 0.5) is 0 Å². The molecule has 0 spiro atoms. The van der Waals surface area contributed by atoms with E-state index in [0.717, 1.165) is 11.1 Å². The van der Waals surface area contributed by atoms with Crippen molar-refractivity contribution in [1.29, 1.82) is 0 Å². The summed E-state index contributed by atoms with van der Waals surface area (Å²) in [5.74, 6) is 1.62. The number of aromatic nitrogens is 2.